The molecule has 4 heteroatoms. The molecule has 2 bridgehead atoms. The quantitative estimate of drug-likeness (QED) is 0.909. The molecule has 2 aromatic rings. The van der Waals surface area contributed by atoms with E-state index >= 15 is 0 Å². The van der Waals surface area contributed by atoms with Crippen molar-refractivity contribution in [3.8, 4) is 0 Å². The van der Waals surface area contributed by atoms with Crippen LogP contribution >= 0.6 is 11.3 Å². The van der Waals surface area contributed by atoms with Gasteiger partial charge < -0.3 is 5.32 Å². The summed E-state index contributed by atoms with van der Waals surface area (Å²) in [5.41, 5.74) is 1.30. The zero-order valence-electron chi connectivity index (χ0n) is 14.1. The van der Waals surface area contributed by atoms with E-state index in [9.17, 15) is 4.79 Å². The van der Waals surface area contributed by atoms with Gasteiger partial charge in [0.05, 0.1) is 4.88 Å². The maximum absolute atomic E-state index is 12.8. The highest BCUT2D eigenvalue weighted by atomic mass is 32.1. The van der Waals surface area contributed by atoms with Crippen molar-refractivity contribution < 1.29 is 4.79 Å². The standard InChI is InChI=1S/C19H24N2OS/c1-12-5-4-6-14-11-15(23-16(12)14)18(22)20-17-13-7-9-21(10-8-13)19(17,2)3/h4-6,11,13,17H,7-10H2,1-3H3,(H,20,22)/t17-/m1/s1. The second kappa shape index (κ2) is 5.32. The summed E-state index contributed by atoms with van der Waals surface area (Å²) in [7, 11) is 0. The van der Waals surface area contributed by atoms with Crippen molar-refractivity contribution in [1.29, 1.82) is 0 Å². The molecule has 3 aliphatic rings. The summed E-state index contributed by atoms with van der Waals surface area (Å²) in [5, 5.41) is 4.54. The Morgan fingerprint density at radius 1 is 1.30 bits per heavy atom. The third kappa shape index (κ3) is 2.39. The molecule has 0 unspecified atom stereocenters. The first-order chi connectivity index (χ1) is 11.0. The summed E-state index contributed by atoms with van der Waals surface area (Å²) in [5.74, 6) is 0.715. The number of hydrogen-bond acceptors (Lipinski definition) is 3. The summed E-state index contributed by atoms with van der Waals surface area (Å²) in [6.07, 6.45) is 2.42. The lowest BCUT2D eigenvalue weighted by Crippen LogP contribution is -2.69. The Balaban J connectivity index is 1.60. The Hall–Kier alpha value is -1.39. The minimum absolute atomic E-state index is 0.0590. The molecule has 23 heavy (non-hydrogen) atoms. The van der Waals surface area contributed by atoms with Gasteiger partial charge in [-0.3, -0.25) is 9.69 Å². The van der Waals surface area contributed by atoms with Crippen LogP contribution in [0.3, 0.4) is 0 Å². The maximum Gasteiger partial charge on any atom is 0.261 e. The minimum Gasteiger partial charge on any atom is -0.346 e. The molecule has 0 radical (unpaired) electrons. The summed E-state index contributed by atoms with van der Waals surface area (Å²) in [4.78, 5) is 16.2. The van der Waals surface area contributed by atoms with E-state index in [1.807, 2.05) is 6.07 Å². The van der Waals surface area contributed by atoms with Crippen molar-refractivity contribution >= 4 is 27.3 Å². The molecule has 1 aromatic heterocycles. The number of hydrogen-bond donors (Lipinski definition) is 1. The lowest BCUT2D eigenvalue weighted by Gasteiger charge is -2.56. The van der Waals surface area contributed by atoms with Crippen LogP contribution in [0.2, 0.25) is 0 Å². The SMILES string of the molecule is Cc1cccc2cc(C(=O)N[C@@H]3C4CCN(CC4)C3(C)C)sc12. The molecule has 3 fully saturated rings. The fraction of sp³-hybridized carbons (Fsp3) is 0.526. The number of carbonyl (C=O) groups is 1. The van der Waals surface area contributed by atoms with Crippen LogP contribution in [0, 0.1) is 12.8 Å². The smallest absolute Gasteiger partial charge is 0.261 e. The maximum atomic E-state index is 12.8. The molecule has 3 aliphatic heterocycles. The van der Waals surface area contributed by atoms with Crippen LogP contribution in [-0.4, -0.2) is 35.5 Å². The normalized spacial score (nSPS) is 28.9. The van der Waals surface area contributed by atoms with Crippen LogP contribution in [0.15, 0.2) is 24.3 Å². The topological polar surface area (TPSA) is 32.3 Å². The van der Waals surface area contributed by atoms with Gasteiger partial charge in [0, 0.05) is 16.3 Å². The average Bonchev–Trinajstić information content (AvgIpc) is 2.97. The van der Waals surface area contributed by atoms with Crippen LogP contribution < -0.4 is 5.32 Å². The number of rotatable bonds is 2. The largest absolute Gasteiger partial charge is 0.346 e. The molecule has 5 rings (SSSR count). The van der Waals surface area contributed by atoms with E-state index in [2.05, 4.69) is 49.2 Å². The molecule has 1 N–H and O–H groups in total. The van der Waals surface area contributed by atoms with Gasteiger partial charge in [-0.25, -0.2) is 0 Å². The lowest BCUT2D eigenvalue weighted by molar-refractivity contribution is -0.0377. The summed E-state index contributed by atoms with van der Waals surface area (Å²) in [6.45, 7) is 9.01. The van der Waals surface area contributed by atoms with Crippen LogP contribution in [-0.2, 0) is 0 Å². The van der Waals surface area contributed by atoms with Crippen molar-refractivity contribution in [3.05, 3.63) is 34.7 Å². The Morgan fingerprint density at radius 3 is 2.70 bits per heavy atom. The van der Waals surface area contributed by atoms with Crippen LogP contribution in [0.5, 0.6) is 0 Å². The monoisotopic (exact) mass is 328 g/mol. The van der Waals surface area contributed by atoms with Gasteiger partial charge in [0.2, 0.25) is 0 Å². The zero-order chi connectivity index (χ0) is 16.2. The summed E-state index contributed by atoms with van der Waals surface area (Å²) < 4.78 is 1.23. The Morgan fingerprint density at radius 2 is 2.04 bits per heavy atom. The van der Waals surface area contributed by atoms with Gasteiger partial charge in [-0.2, -0.15) is 0 Å². The number of thiophene rings is 1. The average molecular weight is 328 g/mol. The van der Waals surface area contributed by atoms with Gasteiger partial charge in [-0.05, 0) is 69.6 Å². The van der Waals surface area contributed by atoms with Crippen molar-refractivity contribution in [2.45, 2.75) is 45.2 Å². The number of nitrogens with one attached hydrogen (secondary N) is 1. The van der Waals surface area contributed by atoms with Crippen LogP contribution in [0.1, 0.15) is 41.9 Å². The number of benzene rings is 1. The molecule has 0 spiro atoms. The molecular formula is C19H24N2OS. The fourth-order valence-corrected chi connectivity index (χ4v) is 5.44. The minimum atomic E-state index is 0.0590. The third-order valence-electron chi connectivity index (χ3n) is 5.84. The molecule has 122 valence electrons. The number of carbonyl (C=O) groups excluding carboxylic acids is 1. The number of aryl methyl sites for hydroxylation is 1. The molecule has 1 atom stereocenters. The molecular weight excluding hydrogens is 304 g/mol. The fourth-order valence-electron chi connectivity index (χ4n) is 4.41. The van der Waals surface area contributed by atoms with Gasteiger partial charge in [0.25, 0.3) is 5.91 Å². The molecule has 3 saturated heterocycles. The highest BCUT2D eigenvalue weighted by Gasteiger charge is 2.48. The second-order valence-corrected chi connectivity index (χ2v) is 8.59. The summed E-state index contributed by atoms with van der Waals surface area (Å²) in [6, 6.07) is 8.55. The highest BCUT2D eigenvalue weighted by Crippen LogP contribution is 2.39. The number of nitrogens with zero attached hydrogens (tertiary/aromatic N) is 1. The highest BCUT2D eigenvalue weighted by molar-refractivity contribution is 7.21. The summed E-state index contributed by atoms with van der Waals surface area (Å²) >= 11 is 1.62. The lowest BCUT2D eigenvalue weighted by atomic mass is 9.72. The van der Waals surface area contributed by atoms with Gasteiger partial charge in [-0.1, -0.05) is 18.2 Å². The molecule has 0 saturated carbocycles. The van der Waals surface area contributed by atoms with E-state index in [0.717, 1.165) is 4.88 Å². The van der Waals surface area contributed by atoms with Gasteiger partial charge in [0.1, 0.15) is 0 Å². The van der Waals surface area contributed by atoms with E-state index in [1.165, 1.54) is 41.6 Å². The molecule has 1 aromatic carbocycles. The number of piperidine rings is 3. The molecule has 4 heterocycles. The zero-order valence-corrected chi connectivity index (χ0v) is 14.9. The first kappa shape index (κ1) is 15.2. The second-order valence-electron chi connectivity index (χ2n) is 7.53. The van der Waals surface area contributed by atoms with Crippen molar-refractivity contribution in [3.63, 3.8) is 0 Å². The predicted molar refractivity (Wildman–Crippen MR) is 96.2 cm³/mol. The van der Waals surface area contributed by atoms with E-state index < -0.39 is 0 Å². The molecule has 1 amide bonds. The molecule has 3 nitrogen and oxygen atoms in total. The van der Waals surface area contributed by atoms with Gasteiger partial charge in [0.15, 0.2) is 0 Å². The van der Waals surface area contributed by atoms with Gasteiger partial charge >= 0.3 is 0 Å². The van der Waals surface area contributed by atoms with E-state index in [4.69, 9.17) is 0 Å². The van der Waals surface area contributed by atoms with Crippen molar-refractivity contribution in [2.75, 3.05) is 13.1 Å². The Kier molecular flexibility index (Phi) is 3.50. The third-order valence-corrected chi connectivity index (χ3v) is 7.12. The van der Waals surface area contributed by atoms with E-state index in [-0.39, 0.29) is 17.5 Å². The van der Waals surface area contributed by atoms with E-state index in [1.54, 1.807) is 11.3 Å². The number of amides is 1. The first-order valence-corrected chi connectivity index (χ1v) is 9.33. The first-order valence-electron chi connectivity index (χ1n) is 8.52. The van der Waals surface area contributed by atoms with Crippen molar-refractivity contribution in [1.82, 2.24) is 10.2 Å². The predicted octanol–water partition coefficient (Wildman–Crippen LogP) is 3.81. The van der Waals surface area contributed by atoms with Gasteiger partial charge in [-0.15, -0.1) is 11.3 Å². The molecule has 0 aliphatic carbocycles. The van der Waals surface area contributed by atoms with Crippen LogP contribution in [0.4, 0.5) is 0 Å². The Labute approximate surface area is 141 Å². The number of fused-ring (bicyclic) bond motifs is 4. The van der Waals surface area contributed by atoms with E-state index in [0.29, 0.717) is 5.92 Å². The van der Waals surface area contributed by atoms with Crippen molar-refractivity contribution in [2.24, 2.45) is 5.92 Å². The Bertz CT molecular complexity index is 756. The van der Waals surface area contributed by atoms with Crippen LogP contribution in [0.25, 0.3) is 10.1 Å².